The fourth-order valence-corrected chi connectivity index (χ4v) is 2.19. The maximum absolute atomic E-state index is 13.1. The first kappa shape index (κ1) is 16.2. The lowest BCUT2D eigenvalue weighted by Crippen LogP contribution is -2.15. The van der Waals surface area contributed by atoms with Crippen LogP contribution in [0.5, 0.6) is 0 Å². The Bertz CT molecular complexity index is 912. The van der Waals surface area contributed by atoms with Crippen LogP contribution in [0.15, 0.2) is 48.8 Å². The number of carbonyl (C=O) groups is 1. The van der Waals surface area contributed by atoms with Crippen molar-refractivity contribution in [2.45, 2.75) is 6.42 Å². The molecule has 0 atom stereocenters. The quantitative estimate of drug-likeness (QED) is 0.559. The van der Waals surface area contributed by atoms with E-state index >= 15 is 0 Å². The van der Waals surface area contributed by atoms with Crippen LogP contribution in [-0.2, 0) is 11.2 Å². The zero-order chi connectivity index (χ0) is 17.8. The Morgan fingerprint density at radius 1 is 1.24 bits per heavy atom. The predicted octanol–water partition coefficient (Wildman–Crippen LogP) is 1.89. The third-order valence-corrected chi connectivity index (χ3v) is 3.35. The number of amides is 1. The van der Waals surface area contributed by atoms with E-state index in [2.05, 4.69) is 20.8 Å². The fourth-order valence-electron chi connectivity index (χ4n) is 2.19. The van der Waals surface area contributed by atoms with E-state index < -0.39 is 22.3 Å². The van der Waals surface area contributed by atoms with E-state index in [9.17, 15) is 19.3 Å². The maximum atomic E-state index is 13.1. The number of nitro benzene ring substituents is 1. The molecule has 126 valence electrons. The Hall–Kier alpha value is -3.69. The summed E-state index contributed by atoms with van der Waals surface area (Å²) in [4.78, 5) is 22.3. The van der Waals surface area contributed by atoms with Crippen LogP contribution < -0.4 is 5.32 Å². The minimum atomic E-state index is -0.750. The van der Waals surface area contributed by atoms with Gasteiger partial charge < -0.3 is 5.32 Å². The van der Waals surface area contributed by atoms with Gasteiger partial charge in [0.1, 0.15) is 17.8 Å². The van der Waals surface area contributed by atoms with Crippen LogP contribution in [0.4, 0.5) is 15.8 Å². The van der Waals surface area contributed by atoms with Gasteiger partial charge in [0, 0.05) is 0 Å². The van der Waals surface area contributed by atoms with Crippen LogP contribution in [0.1, 0.15) is 5.56 Å². The summed E-state index contributed by atoms with van der Waals surface area (Å²) in [6.07, 6.45) is 1.44. The number of anilines is 1. The molecule has 1 heterocycles. The SMILES string of the molecule is O=C(Cc1ccc(-n2cnnn2)cc1)Nc1ccc(F)cc1[N+](=O)[O-]. The number of nitro groups is 1. The Balaban J connectivity index is 1.70. The van der Waals surface area contributed by atoms with E-state index in [0.29, 0.717) is 5.56 Å². The van der Waals surface area contributed by atoms with E-state index in [1.807, 2.05) is 0 Å². The first-order valence-corrected chi connectivity index (χ1v) is 7.09. The molecular weight excluding hydrogens is 331 g/mol. The average molecular weight is 342 g/mol. The lowest BCUT2D eigenvalue weighted by molar-refractivity contribution is -0.384. The third kappa shape index (κ3) is 3.80. The number of tetrazole rings is 1. The lowest BCUT2D eigenvalue weighted by Gasteiger charge is -2.07. The maximum Gasteiger partial charge on any atom is 0.295 e. The van der Waals surface area contributed by atoms with E-state index in [4.69, 9.17) is 0 Å². The Morgan fingerprint density at radius 2 is 2.00 bits per heavy atom. The first-order chi connectivity index (χ1) is 12.0. The van der Waals surface area contributed by atoms with E-state index in [1.54, 1.807) is 24.3 Å². The zero-order valence-corrected chi connectivity index (χ0v) is 12.7. The van der Waals surface area contributed by atoms with Crippen LogP contribution >= 0.6 is 0 Å². The van der Waals surface area contributed by atoms with Gasteiger partial charge in [-0.1, -0.05) is 12.1 Å². The molecule has 0 saturated carbocycles. The summed E-state index contributed by atoms with van der Waals surface area (Å²) in [5.41, 5.74) is 0.867. The molecule has 3 aromatic rings. The summed E-state index contributed by atoms with van der Waals surface area (Å²) < 4.78 is 14.6. The number of aromatic nitrogens is 4. The molecule has 3 rings (SSSR count). The normalized spacial score (nSPS) is 10.4. The smallest absolute Gasteiger partial charge is 0.295 e. The van der Waals surface area contributed by atoms with Crippen molar-refractivity contribution in [3.63, 3.8) is 0 Å². The number of nitrogens with zero attached hydrogens (tertiary/aromatic N) is 5. The van der Waals surface area contributed by atoms with Crippen molar-refractivity contribution >= 4 is 17.3 Å². The number of halogens is 1. The second kappa shape index (κ2) is 6.83. The minimum absolute atomic E-state index is 0.00438. The van der Waals surface area contributed by atoms with Crippen molar-refractivity contribution in [3.05, 3.63) is 70.3 Å². The highest BCUT2D eigenvalue weighted by atomic mass is 19.1. The van der Waals surface area contributed by atoms with E-state index in [-0.39, 0.29) is 12.1 Å². The molecule has 0 spiro atoms. The van der Waals surface area contributed by atoms with Gasteiger partial charge in [0.05, 0.1) is 23.1 Å². The zero-order valence-electron chi connectivity index (χ0n) is 12.7. The molecule has 0 unspecified atom stereocenters. The van der Waals surface area contributed by atoms with Gasteiger partial charge in [0.2, 0.25) is 5.91 Å². The molecule has 0 aliphatic carbocycles. The molecule has 0 aliphatic rings. The van der Waals surface area contributed by atoms with Crippen LogP contribution in [0.25, 0.3) is 5.69 Å². The van der Waals surface area contributed by atoms with Crippen molar-refractivity contribution in [2.24, 2.45) is 0 Å². The summed E-state index contributed by atoms with van der Waals surface area (Å²) in [5.74, 6) is -1.20. The molecule has 0 saturated heterocycles. The number of rotatable bonds is 5. The Kier molecular flexibility index (Phi) is 4.42. The molecule has 0 aliphatic heterocycles. The second-order valence-corrected chi connectivity index (χ2v) is 5.06. The molecule has 0 fully saturated rings. The average Bonchev–Trinajstić information content (AvgIpc) is 3.11. The highest BCUT2D eigenvalue weighted by Gasteiger charge is 2.17. The van der Waals surface area contributed by atoms with Gasteiger partial charge in [0.15, 0.2) is 0 Å². The molecule has 1 N–H and O–H groups in total. The lowest BCUT2D eigenvalue weighted by atomic mass is 10.1. The predicted molar refractivity (Wildman–Crippen MR) is 84.5 cm³/mol. The van der Waals surface area contributed by atoms with Crippen LogP contribution in [-0.4, -0.2) is 31.0 Å². The van der Waals surface area contributed by atoms with Crippen LogP contribution in [0.2, 0.25) is 0 Å². The minimum Gasteiger partial charge on any atom is -0.320 e. The van der Waals surface area contributed by atoms with Crippen molar-refractivity contribution in [1.29, 1.82) is 0 Å². The second-order valence-electron chi connectivity index (χ2n) is 5.06. The fraction of sp³-hybridized carbons (Fsp3) is 0.0667. The molecule has 1 amide bonds. The monoisotopic (exact) mass is 342 g/mol. The van der Waals surface area contributed by atoms with Gasteiger partial charge in [0.25, 0.3) is 5.69 Å². The summed E-state index contributed by atoms with van der Waals surface area (Å²) in [5, 5.41) is 24.2. The van der Waals surface area contributed by atoms with Crippen molar-refractivity contribution in [1.82, 2.24) is 20.2 Å². The highest BCUT2D eigenvalue weighted by molar-refractivity contribution is 5.94. The summed E-state index contributed by atoms with van der Waals surface area (Å²) in [6.45, 7) is 0. The van der Waals surface area contributed by atoms with Gasteiger partial charge >= 0.3 is 0 Å². The van der Waals surface area contributed by atoms with Gasteiger partial charge in [-0.2, -0.15) is 0 Å². The van der Waals surface area contributed by atoms with Gasteiger partial charge in [-0.25, -0.2) is 9.07 Å². The number of carbonyl (C=O) groups excluding carboxylic acids is 1. The van der Waals surface area contributed by atoms with Crippen LogP contribution in [0.3, 0.4) is 0 Å². The van der Waals surface area contributed by atoms with E-state index in [0.717, 1.165) is 23.9 Å². The molecule has 0 bridgehead atoms. The molecule has 2 aromatic carbocycles. The first-order valence-electron chi connectivity index (χ1n) is 7.09. The summed E-state index contributed by atoms with van der Waals surface area (Å²) >= 11 is 0. The van der Waals surface area contributed by atoms with Crippen molar-refractivity contribution in [3.8, 4) is 5.69 Å². The molecular formula is C15H11FN6O3. The number of hydrogen-bond donors (Lipinski definition) is 1. The van der Waals surface area contributed by atoms with E-state index in [1.165, 1.54) is 11.0 Å². The van der Waals surface area contributed by atoms with Crippen molar-refractivity contribution in [2.75, 3.05) is 5.32 Å². The molecule has 1 aromatic heterocycles. The highest BCUT2D eigenvalue weighted by Crippen LogP contribution is 2.25. The largest absolute Gasteiger partial charge is 0.320 e. The summed E-state index contributed by atoms with van der Waals surface area (Å²) in [7, 11) is 0. The van der Waals surface area contributed by atoms with Gasteiger partial charge in [-0.3, -0.25) is 14.9 Å². The standard InChI is InChI=1S/C15H11FN6O3/c16-11-3-6-13(14(8-11)22(24)25)18-15(23)7-10-1-4-12(5-2-10)21-9-17-19-20-21/h1-6,8-9H,7H2,(H,18,23). The molecule has 0 radical (unpaired) electrons. The molecule has 10 heteroatoms. The van der Waals surface area contributed by atoms with Crippen LogP contribution in [0, 0.1) is 15.9 Å². The summed E-state index contributed by atoms with van der Waals surface area (Å²) in [6, 6.07) is 9.87. The topological polar surface area (TPSA) is 116 Å². The third-order valence-electron chi connectivity index (χ3n) is 3.35. The number of benzene rings is 2. The molecule has 9 nitrogen and oxygen atoms in total. The van der Waals surface area contributed by atoms with Gasteiger partial charge in [-0.05, 0) is 40.3 Å². The Labute approximate surface area is 140 Å². The number of nitrogens with one attached hydrogen (secondary N) is 1. The Morgan fingerprint density at radius 3 is 2.64 bits per heavy atom. The number of hydrogen-bond acceptors (Lipinski definition) is 6. The van der Waals surface area contributed by atoms with Gasteiger partial charge in [-0.15, -0.1) is 5.10 Å². The molecule has 25 heavy (non-hydrogen) atoms. The van der Waals surface area contributed by atoms with Crippen molar-refractivity contribution < 1.29 is 14.1 Å².